The monoisotopic (exact) mass is 154 g/mol. The van der Waals surface area contributed by atoms with E-state index in [4.69, 9.17) is 5.73 Å². The van der Waals surface area contributed by atoms with Crippen LogP contribution in [0.3, 0.4) is 0 Å². The summed E-state index contributed by atoms with van der Waals surface area (Å²) in [6.07, 6.45) is 6.88. The van der Waals surface area contributed by atoms with Crippen molar-refractivity contribution in [3.63, 3.8) is 0 Å². The molecule has 64 valence electrons. The first kappa shape index (κ1) is 7.56. The van der Waals surface area contributed by atoms with Crippen molar-refractivity contribution in [1.29, 1.82) is 0 Å². The molecule has 1 unspecified atom stereocenters. The molecule has 0 aromatic rings. The van der Waals surface area contributed by atoms with E-state index >= 15 is 0 Å². The van der Waals surface area contributed by atoms with E-state index in [1.54, 1.807) is 0 Å². The highest BCUT2D eigenvalue weighted by molar-refractivity contribution is 5.01. The second kappa shape index (κ2) is 2.76. The smallest absolute Gasteiger partial charge is 0.0332 e. The topological polar surface area (TPSA) is 38.0 Å². The van der Waals surface area contributed by atoms with E-state index in [1.807, 2.05) is 0 Å². The maximum Gasteiger partial charge on any atom is 0.0332 e. The Balaban J connectivity index is 2.02. The van der Waals surface area contributed by atoms with Crippen LogP contribution >= 0.6 is 0 Å². The first-order valence-electron chi connectivity index (χ1n) is 4.82. The Morgan fingerprint density at radius 1 is 1.36 bits per heavy atom. The molecular formula is C9H18N2. The average Bonchev–Trinajstić information content (AvgIpc) is 2.34. The van der Waals surface area contributed by atoms with E-state index in [0.717, 1.165) is 12.5 Å². The number of hydrogen-bond donors (Lipinski definition) is 2. The van der Waals surface area contributed by atoms with Gasteiger partial charge in [0.15, 0.2) is 0 Å². The molecule has 1 aliphatic carbocycles. The van der Waals surface area contributed by atoms with Crippen LogP contribution < -0.4 is 11.1 Å². The van der Waals surface area contributed by atoms with Gasteiger partial charge in [-0.1, -0.05) is 6.42 Å². The molecule has 1 atom stereocenters. The van der Waals surface area contributed by atoms with Gasteiger partial charge in [-0.2, -0.15) is 0 Å². The zero-order chi connectivity index (χ0) is 7.73. The van der Waals surface area contributed by atoms with Gasteiger partial charge in [-0.3, -0.25) is 0 Å². The first-order valence-corrected chi connectivity index (χ1v) is 4.82. The van der Waals surface area contributed by atoms with Crippen molar-refractivity contribution in [2.75, 3.05) is 13.1 Å². The van der Waals surface area contributed by atoms with Gasteiger partial charge in [-0.05, 0) is 38.1 Å². The van der Waals surface area contributed by atoms with Gasteiger partial charge in [0.1, 0.15) is 0 Å². The summed E-state index contributed by atoms with van der Waals surface area (Å²) in [6.45, 7) is 2.03. The minimum absolute atomic E-state index is 0.359. The van der Waals surface area contributed by atoms with Crippen LogP contribution in [0.15, 0.2) is 0 Å². The molecule has 1 heterocycles. The van der Waals surface area contributed by atoms with Crippen LogP contribution in [0.25, 0.3) is 0 Å². The summed E-state index contributed by atoms with van der Waals surface area (Å²) in [5.74, 6) is 0.898. The molecule has 2 heteroatoms. The minimum atomic E-state index is 0.359. The highest BCUT2D eigenvalue weighted by atomic mass is 15.0. The summed E-state index contributed by atoms with van der Waals surface area (Å²) in [5, 5.41) is 3.60. The fourth-order valence-electron chi connectivity index (χ4n) is 2.48. The third-order valence-electron chi connectivity index (χ3n) is 3.53. The second-order valence-corrected chi connectivity index (χ2v) is 4.02. The molecule has 0 radical (unpaired) electrons. The lowest BCUT2D eigenvalue weighted by molar-refractivity contribution is 0.152. The quantitative estimate of drug-likeness (QED) is 0.619. The van der Waals surface area contributed by atoms with Crippen molar-refractivity contribution in [3.8, 4) is 0 Å². The third-order valence-corrected chi connectivity index (χ3v) is 3.53. The molecule has 1 saturated carbocycles. The number of nitrogens with two attached hydrogens (primary N) is 1. The maximum atomic E-state index is 5.82. The maximum absolute atomic E-state index is 5.82. The van der Waals surface area contributed by atoms with Gasteiger partial charge >= 0.3 is 0 Å². The molecule has 1 saturated heterocycles. The number of rotatable bonds is 2. The summed E-state index contributed by atoms with van der Waals surface area (Å²) < 4.78 is 0. The number of hydrogen-bond acceptors (Lipinski definition) is 2. The van der Waals surface area contributed by atoms with Crippen LogP contribution in [-0.2, 0) is 0 Å². The Labute approximate surface area is 68.5 Å². The van der Waals surface area contributed by atoms with Gasteiger partial charge in [0.2, 0.25) is 0 Å². The van der Waals surface area contributed by atoms with E-state index in [0.29, 0.717) is 5.54 Å². The van der Waals surface area contributed by atoms with Crippen molar-refractivity contribution in [2.45, 2.75) is 37.6 Å². The largest absolute Gasteiger partial charge is 0.329 e. The highest BCUT2D eigenvalue weighted by Gasteiger charge is 2.42. The molecule has 11 heavy (non-hydrogen) atoms. The molecule has 0 aromatic heterocycles. The zero-order valence-corrected chi connectivity index (χ0v) is 7.10. The fraction of sp³-hybridized carbons (Fsp3) is 1.00. The third kappa shape index (κ3) is 1.09. The molecule has 0 aromatic carbocycles. The summed E-state index contributed by atoms with van der Waals surface area (Å²) in [5.41, 5.74) is 6.18. The molecule has 1 aliphatic heterocycles. The zero-order valence-electron chi connectivity index (χ0n) is 7.10. The van der Waals surface area contributed by atoms with Gasteiger partial charge < -0.3 is 11.1 Å². The predicted octanol–water partition coefficient (Wildman–Crippen LogP) is 0.867. The van der Waals surface area contributed by atoms with Crippen molar-refractivity contribution in [3.05, 3.63) is 0 Å². The molecule has 2 nitrogen and oxygen atoms in total. The Morgan fingerprint density at radius 2 is 2.18 bits per heavy atom. The first-order chi connectivity index (χ1) is 5.37. The Kier molecular flexibility index (Phi) is 1.90. The van der Waals surface area contributed by atoms with Crippen LogP contribution in [0.4, 0.5) is 0 Å². The van der Waals surface area contributed by atoms with E-state index in [-0.39, 0.29) is 0 Å². The molecule has 3 N–H and O–H groups in total. The normalized spacial score (nSPS) is 39.0. The summed E-state index contributed by atoms with van der Waals surface area (Å²) in [7, 11) is 0. The van der Waals surface area contributed by atoms with Gasteiger partial charge in [-0.15, -0.1) is 0 Å². The van der Waals surface area contributed by atoms with Gasteiger partial charge in [0, 0.05) is 12.1 Å². The average molecular weight is 154 g/mol. The fourth-order valence-corrected chi connectivity index (χ4v) is 2.48. The van der Waals surface area contributed by atoms with Crippen molar-refractivity contribution >= 4 is 0 Å². The van der Waals surface area contributed by atoms with Crippen LogP contribution in [0.2, 0.25) is 0 Å². The van der Waals surface area contributed by atoms with Gasteiger partial charge in [0.25, 0.3) is 0 Å². The molecule has 0 spiro atoms. The Hall–Kier alpha value is -0.0800. The molecule has 0 amide bonds. The van der Waals surface area contributed by atoms with Crippen molar-refractivity contribution in [2.24, 2.45) is 11.7 Å². The Morgan fingerprint density at radius 3 is 2.55 bits per heavy atom. The minimum Gasteiger partial charge on any atom is -0.329 e. The van der Waals surface area contributed by atoms with Crippen LogP contribution in [0.5, 0.6) is 0 Å². The lowest BCUT2D eigenvalue weighted by Crippen LogP contribution is -2.54. The lowest BCUT2D eigenvalue weighted by atomic mass is 9.70. The van der Waals surface area contributed by atoms with Gasteiger partial charge in [0.05, 0.1) is 0 Å². The standard InChI is InChI=1S/C9H18N2/c10-7-9(5-2-6-11-9)8-3-1-4-8/h8,11H,1-7,10H2. The van der Waals surface area contributed by atoms with Crippen LogP contribution in [-0.4, -0.2) is 18.6 Å². The summed E-state index contributed by atoms with van der Waals surface area (Å²) in [6, 6.07) is 0. The molecule has 0 bridgehead atoms. The van der Waals surface area contributed by atoms with Crippen molar-refractivity contribution < 1.29 is 0 Å². The Bertz CT molecular complexity index is 134. The van der Waals surface area contributed by atoms with Crippen LogP contribution in [0.1, 0.15) is 32.1 Å². The number of nitrogens with one attached hydrogen (secondary N) is 1. The van der Waals surface area contributed by atoms with E-state index in [2.05, 4.69) is 5.32 Å². The van der Waals surface area contributed by atoms with E-state index < -0.39 is 0 Å². The lowest BCUT2D eigenvalue weighted by Gasteiger charge is -2.42. The second-order valence-electron chi connectivity index (χ2n) is 4.02. The summed E-state index contributed by atoms with van der Waals surface area (Å²) in [4.78, 5) is 0. The summed E-state index contributed by atoms with van der Waals surface area (Å²) >= 11 is 0. The van der Waals surface area contributed by atoms with Gasteiger partial charge in [-0.25, -0.2) is 0 Å². The van der Waals surface area contributed by atoms with E-state index in [9.17, 15) is 0 Å². The molecule has 2 fully saturated rings. The molecular weight excluding hydrogens is 136 g/mol. The van der Waals surface area contributed by atoms with Crippen molar-refractivity contribution in [1.82, 2.24) is 5.32 Å². The SMILES string of the molecule is NCC1(C2CCC2)CCCN1. The van der Waals surface area contributed by atoms with Crippen LogP contribution in [0, 0.1) is 5.92 Å². The van der Waals surface area contributed by atoms with E-state index in [1.165, 1.54) is 38.6 Å². The predicted molar refractivity (Wildman–Crippen MR) is 46.4 cm³/mol. The molecule has 2 aliphatic rings. The highest BCUT2D eigenvalue weighted by Crippen LogP contribution is 2.40. The molecule has 2 rings (SSSR count).